The van der Waals surface area contributed by atoms with E-state index in [1.807, 2.05) is 11.6 Å². The number of H-pyrrole nitrogens is 1. The number of rotatable bonds is 3. The van der Waals surface area contributed by atoms with Crippen molar-refractivity contribution in [3.63, 3.8) is 0 Å². The molecule has 3 rings (SSSR count). The predicted molar refractivity (Wildman–Crippen MR) is 80.3 cm³/mol. The molecule has 5 nitrogen and oxygen atoms in total. The Morgan fingerprint density at radius 2 is 2.05 bits per heavy atom. The molecule has 2 heterocycles. The van der Waals surface area contributed by atoms with Crippen molar-refractivity contribution in [1.82, 2.24) is 24.5 Å². The van der Waals surface area contributed by atoms with Crippen molar-refractivity contribution in [2.75, 3.05) is 0 Å². The molecular weight excluding hydrogens is 270 g/mol. The van der Waals surface area contributed by atoms with E-state index in [9.17, 15) is 0 Å². The van der Waals surface area contributed by atoms with Crippen LogP contribution in [0.15, 0.2) is 6.07 Å². The highest BCUT2D eigenvalue weighted by Crippen LogP contribution is 2.29. The maximum atomic E-state index is 5.42. The standard InChI is InChI=1S/C14H21N5S/c1-10-8-11(2)18(17-10)9-13-15-16-14(20)19(13)12-6-4-3-5-7-12/h8,12H,3-7,9H2,1-2H3,(H,16,20). The number of hydrogen-bond donors (Lipinski definition) is 1. The fourth-order valence-corrected chi connectivity index (χ4v) is 3.43. The summed E-state index contributed by atoms with van der Waals surface area (Å²) in [6, 6.07) is 2.59. The van der Waals surface area contributed by atoms with Gasteiger partial charge in [-0.05, 0) is 45.0 Å². The number of hydrogen-bond acceptors (Lipinski definition) is 3. The van der Waals surface area contributed by atoms with Gasteiger partial charge in [-0.3, -0.25) is 14.3 Å². The molecule has 108 valence electrons. The Bertz CT molecular complexity index is 645. The largest absolute Gasteiger partial charge is 0.299 e. The summed E-state index contributed by atoms with van der Waals surface area (Å²) in [5.41, 5.74) is 2.20. The summed E-state index contributed by atoms with van der Waals surface area (Å²) in [7, 11) is 0. The van der Waals surface area contributed by atoms with E-state index in [4.69, 9.17) is 12.2 Å². The first-order valence-corrected chi connectivity index (χ1v) is 7.73. The van der Waals surface area contributed by atoms with Crippen LogP contribution in [0.3, 0.4) is 0 Å². The zero-order valence-corrected chi connectivity index (χ0v) is 12.9. The molecule has 2 aromatic rings. The number of nitrogens with one attached hydrogen (secondary N) is 1. The van der Waals surface area contributed by atoms with Gasteiger partial charge in [0, 0.05) is 11.7 Å². The highest BCUT2D eigenvalue weighted by atomic mass is 32.1. The van der Waals surface area contributed by atoms with Gasteiger partial charge in [0.05, 0.1) is 5.69 Å². The van der Waals surface area contributed by atoms with Gasteiger partial charge in [0.15, 0.2) is 10.6 Å². The van der Waals surface area contributed by atoms with Gasteiger partial charge in [-0.25, -0.2) is 0 Å². The van der Waals surface area contributed by atoms with Crippen molar-refractivity contribution in [3.05, 3.63) is 28.0 Å². The van der Waals surface area contributed by atoms with Gasteiger partial charge >= 0.3 is 0 Å². The van der Waals surface area contributed by atoms with Crippen LogP contribution in [0.5, 0.6) is 0 Å². The van der Waals surface area contributed by atoms with Crippen molar-refractivity contribution in [2.24, 2.45) is 0 Å². The quantitative estimate of drug-likeness (QED) is 0.883. The summed E-state index contributed by atoms with van der Waals surface area (Å²) in [5, 5.41) is 11.9. The molecule has 2 aromatic heterocycles. The first kappa shape index (κ1) is 13.5. The smallest absolute Gasteiger partial charge is 0.195 e. The van der Waals surface area contributed by atoms with E-state index < -0.39 is 0 Å². The average molecular weight is 291 g/mol. The fourth-order valence-electron chi connectivity index (χ4n) is 3.13. The lowest BCUT2D eigenvalue weighted by Gasteiger charge is -2.24. The van der Waals surface area contributed by atoms with Crippen LogP contribution in [0.2, 0.25) is 0 Å². The second-order valence-electron chi connectivity index (χ2n) is 5.69. The minimum absolute atomic E-state index is 0.502. The van der Waals surface area contributed by atoms with E-state index in [2.05, 4.69) is 32.9 Å². The van der Waals surface area contributed by atoms with Crippen LogP contribution >= 0.6 is 12.2 Å². The number of aromatic nitrogens is 5. The molecule has 0 aliphatic heterocycles. The van der Waals surface area contributed by atoms with Gasteiger partial charge < -0.3 is 0 Å². The lowest BCUT2D eigenvalue weighted by molar-refractivity contribution is 0.340. The SMILES string of the molecule is Cc1cc(C)n(Cc2n[nH]c(=S)n2C2CCCCC2)n1. The van der Waals surface area contributed by atoms with Crippen LogP contribution in [-0.4, -0.2) is 24.5 Å². The summed E-state index contributed by atoms with van der Waals surface area (Å²) in [4.78, 5) is 0. The van der Waals surface area contributed by atoms with E-state index >= 15 is 0 Å². The third kappa shape index (κ3) is 2.57. The van der Waals surface area contributed by atoms with E-state index in [-0.39, 0.29) is 0 Å². The van der Waals surface area contributed by atoms with Crippen LogP contribution in [0.1, 0.15) is 55.4 Å². The molecular formula is C14H21N5S. The number of aryl methyl sites for hydroxylation is 2. The van der Waals surface area contributed by atoms with Crippen LogP contribution in [-0.2, 0) is 6.54 Å². The number of aromatic amines is 1. The van der Waals surface area contributed by atoms with Gasteiger partial charge in [-0.15, -0.1) is 0 Å². The lowest BCUT2D eigenvalue weighted by atomic mass is 9.95. The van der Waals surface area contributed by atoms with Crippen LogP contribution < -0.4 is 0 Å². The second kappa shape index (κ2) is 5.52. The molecule has 1 fully saturated rings. The minimum atomic E-state index is 0.502. The Morgan fingerprint density at radius 3 is 2.70 bits per heavy atom. The van der Waals surface area contributed by atoms with Crippen LogP contribution in [0.4, 0.5) is 0 Å². The molecule has 0 unspecified atom stereocenters. The van der Waals surface area contributed by atoms with Gasteiger partial charge in [-0.2, -0.15) is 10.2 Å². The molecule has 0 radical (unpaired) electrons. The first-order chi connectivity index (χ1) is 9.65. The third-order valence-corrected chi connectivity index (χ3v) is 4.40. The molecule has 0 atom stereocenters. The predicted octanol–water partition coefficient (Wildman–Crippen LogP) is 3.31. The molecule has 1 aliphatic rings. The van der Waals surface area contributed by atoms with E-state index in [1.165, 1.54) is 32.1 Å². The van der Waals surface area contributed by atoms with E-state index in [0.717, 1.165) is 22.0 Å². The molecule has 0 spiro atoms. The van der Waals surface area contributed by atoms with E-state index in [0.29, 0.717) is 12.6 Å². The second-order valence-corrected chi connectivity index (χ2v) is 6.08. The van der Waals surface area contributed by atoms with Gasteiger partial charge in [-0.1, -0.05) is 19.3 Å². The van der Waals surface area contributed by atoms with Crippen molar-refractivity contribution >= 4 is 12.2 Å². The zero-order chi connectivity index (χ0) is 14.1. The van der Waals surface area contributed by atoms with Gasteiger partial charge in [0.1, 0.15) is 6.54 Å². The Hall–Kier alpha value is -1.43. The Kier molecular flexibility index (Phi) is 3.74. The molecule has 6 heteroatoms. The van der Waals surface area contributed by atoms with Crippen LogP contribution in [0.25, 0.3) is 0 Å². The zero-order valence-electron chi connectivity index (χ0n) is 12.1. The molecule has 1 saturated carbocycles. The van der Waals surface area contributed by atoms with Gasteiger partial charge in [0.25, 0.3) is 0 Å². The monoisotopic (exact) mass is 291 g/mol. The Labute approximate surface area is 124 Å². The molecule has 0 saturated heterocycles. The summed E-state index contributed by atoms with van der Waals surface area (Å²) in [6.07, 6.45) is 6.33. The summed E-state index contributed by atoms with van der Waals surface area (Å²) in [6.45, 7) is 4.78. The molecule has 1 aliphatic carbocycles. The van der Waals surface area contributed by atoms with E-state index in [1.54, 1.807) is 0 Å². The van der Waals surface area contributed by atoms with Crippen molar-refractivity contribution in [3.8, 4) is 0 Å². The summed E-state index contributed by atoms with van der Waals surface area (Å²) >= 11 is 5.42. The summed E-state index contributed by atoms with van der Waals surface area (Å²) in [5.74, 6) is 0.994. The minimum Gasteiger partial charge on any atom is -0.299 e. The van der Waals surface area contributed by atoms with Crippen molar-refractivity contribution in [1.29, 1.82) is 0 Å². The maximum Gasteiger partial charge on any atom is 0.195 e. The highest BCUT2D eigenvalue weighted by Gasteiger charge is 2.20. The molecule has 0 bridgehead atoms. The fraction of sp³-hybridized carbons (Fsp3) is 0.643. The summed E-state index contributed by atoms with van der Waals surface area (Å²) < 4.78 is 4.96. The van der Waals surface area contributed by atoms with Crippen molar-refractivity contribution in [2.45, 2.75) is 58.5 Å². The molecule has 0 aromatic carbocycles. The molecule has 20 heavy (non-hydrogen) atoms. The molecule has 0 amide bonds. The average Bonchev–Trinajstić information content (AvgIpc) is 2.94. The highest BCUT2D eigenvalue weighted by molar-refractivity contribution is 7.71. The van der Waals surface area contributed by atoms with Crippen molar-refractivity contribution < 1.29 is 0 Å². The van der Waals surface area contributed by atoms with Gasteiger partial charge in [0.2, 0.25) is 0 Å². The van der Waals surface area contributed by atoms with Crippen LogP contribution in [0, 0.1) is 18.6 Å². The lowest BCUT2D eigenvalue weighted by Crippen LogP contribution is -2.18. The molecule has 1 N–H and O–H groups in total. The first-order valence-electron chi connectivity index (χ1n) is 7.32. The topological polar surface area (TPSA) is 51.4 Å². The normalized spacial score (nSPS) is 16.7. The number of nitrogens with zero attached hydrogens (tertiary/aromatic N) is 4. The Balaban J connectivity index is 1.90. The maximum absolute atomic E-state index is 5.42. The third-order valence-electron chi connectivity index (χ3n) is 4.11. The Morgan fingerprint density at radius 1 is 1.30 bits per heavy atom.